The Kier molecular flexibility index (Phi) is 4.98. The maximum absolute atomic E-state index is 9.64. The molecule has 0 aliphatic rings. The third-order valence-electron chi connectivity index (χ3n) is 2.02. The first kappa shape index (κ1) is 12.4. The second kappa shape index (κ2) is 6.02. The highest BCUT2D eigenvalue weighted by Gasteiger charge is 2.08. The number of aliphatic hydroxyl groups excluding tert-OH is 1. The van der Waals surface area contributed by atoms with Crippen molar-refractivity contribution in [1.82, 2.24) is 9.36 Å². The van der Waals surface area contributed by atoms with Gasteiger partial charge in [-0.2, -0.15) is 4.37 Å². The van der Waals surface area contributed by atoms with Crippen molar-refractivity contribution in [3.05, 3.63) is 5.82 Å². The molecule has 86 valence electrons. The second-order valence-electron chi connectivity index (χ2n) is 4.03. The van der Waals surface area contributed by atoms with E-state index >= 15 is 0 Å². The van der Waals surface area contributed by atoms with Crippen molar-refractivity contribution in [2.75, 3.05) is 11.9 Å². The highest BCUT2D eigenvalue weighted by atomic mass is 32.1. The van der Waals surface area contributed by atoms with Crippen LogP contribution in [0.5, 0.6) is 0 Å². The summed E-state index contributed by atoms with van der Waals surface area (Å²) >= 11 is 1.35. The molecule has 0 spiro atoms. The molecule has 4 nitrogen and oxygen atoms in total. The molecule has 1 heterocycles. The second-order valence-corrected chi connectivity index (χ2v) is 4.79. The molecule has 0 aliphatic heterocycles. The maximum atomic E-state index is 9.64. The third-order valence-corrected chi connectivity index (χ3v) is 2.73. The first-order valence-electron chi connectivity index (χ1n) is 5.36. The van der Waals surface area contributed by atoms with E-state index in [0.29, 0.717) is 12.5 Å². The summed E-state index contributed by atoms with van der Waals surface area (Å²) in [6, 6.07) is 0. The van der Waals surface area contributed by atoms with Crippen LogP contribution < -0.4 is 5.32 Å². The standard InChI is InChI=1S/C10H19N3OS/c1-4-9-12-10(15-13-9)11-6-8(14)5-7(2)3/h7-8,14H,4-6H2,1-3H3,(H,11,12,13). The fourth-order valence-electron chi connectivity index (χ4n) is 1.30. The van der Waals surface area contributed by atoms with E-state index in [1.807, 2.05) is 6.92 Å². The molecule has 1 atom stereocenters. The van der Waals surface area contributed by atoms with Crippen LogP contribution in [-0.2, 0) is 6.42 Å². The molecule has 0 radical (unpaired) electrons. The summed E-state index contributed by atoms with van der Waals surface area (Å²) in [5, 5.41) is 13.5. The smallest absolute Gasteiger partial charge is 0.202 e. The Balaban J connectivity index is 2.30. The van der Waals surface area contributed by atoms with E-state index in [0.717, 1.165) is 23.8 Å². The van der Waals surface area contributed by atoms with Crippen LogP contribution in [0.1, 0.15) is 33.0 Å². The SMILES string of the molecule is CCc1nsc(NCC(O)CC(C)C)n1. The van der Waals surface area contributed by atoms with E-state index in [1.54, 1.807) is 0 Å². The van der Waals surface area contributed by atoms with Gasteiger partial charge in [0.25, 0.3) is 0 Å². The van der Waals surface area contributed by atoms with Crippen LogP contribution in [0.25, 0.3) is 0 Å². The summed E-state index contributed by atoms with van der Waals surface area (Å²) in [6.07, 6.45) is 1.36. The molecular formula is C10H19N3OS. The monoisotopic (exact) mass is 229 g/mol. The molecule has 15 heavy (non-hydrogen) atoms. The molecule has 1 aromatic rings. The zero-order valence-corrected chi connectivity index (χ0v) is 10.3. The van der Waals surface area contributed by atoms with Gasteiger partial charge in [-0.15, -0.1) is 0 Å². The number of rotatable bonds is 6. The lowest BCUT2D eigenvalue weighted by Crippen LogP contribution is -2.21. The molecular weight excluding hydrogens is 210 g/mol. The first-order chi connectivity index (χ1) is 7.11. The number of aromatic nitrogens is 2. The van der Waals surface area contributed by atoms with Gasteiger partial charge in [-0.05, 0) is 12.3 Å². The van der Waals surface area contributed by atoms with Gasteiger partial charge in [-0.1, -0.05) is 20.8 Å². The molecule has 0 bridgehead atoms. The third kappa shape index (κ3) is 4.57. The molecule has 0 saturated heterocycles. The minimum absolute atomic E-state index is 0.307. The average Bonchev–Trinajstić information content (AvgIpc) is 2.61. The molecule has 1 rings (SSSR count). The van der Waals surface area contributed by atoms with Crippen molar-refractivity contribution in [1.29, 1.82) is 0 Å². The van der Waals surface area contributed by atoms with E-state index in [2.05, 4.69) is 28.5 Å². The summed E-state index contributed by atoms with van der Waals surface area (Å²) in [5.74, 6) is 1.38. The Morgan fingerprint density at radius 1 is 1.47 bits per heavy atom. The number of hydrogen-bond acceptors (Lipinski definition) is 5. The molecule has 0 aromatic carbocycles. The van der Waals surface area contributed by atoms with Crippen molar-refractivity contribution in [3.8, 4) is 0 Å². The zero-order valence-electron chi connectivity index (χ0n) is 9.53. The summed E-state index contributed by atoms with van der Waals surface area (Å²) in [4.78, 5) is 4.27. The minimum Gasteiger partial charge on any atom is -0.391 e. The highest BCUT2D eigenvalue weighted by Crippen LogP contribution is 2.12. The molecule has 1 unspecified atom stereocenters. The predicted octanol–water partition coefficient (Wildman–Crippen LogP) is 1.92. The lowest BCUT2D eigenvalue weighted by molar-refractivity contribution is 0.161. The van der Waals surface area contributed by atoms with Crippen LogP contribution in [0.15, 0.2) is 0 Å². The van der Waals surface area contributed by atoms with Gasteiger partial charge in [-0.25, -0.2) is 4.98 Å². The van der Waals surface area contributed by atoms with Crippen molar-refractivity contribution in [3.63, 3.8) is 0 Å². The Morgan fingerprint density at radius 3 is 2.73 bits per heavy atom. The van der Waals surface area contributed by atoms with Crippen LogP contribution in [0.2, 0.25) is 0 Å². The molecule has 2 N–H and O–H groups in total. The lowest BCUT2D eigenvalue weighted by Gasteiger charge is -2.12. The summed E-state index contributed by atoms with van der Waals surface area (Å²) < 4.78 is 4.16. The molecule has 0 amide bonds. The maximum Gasteiger partial charge on any atom is 0.202 e. The predicted molar refractivity (Wildman–Crippen MR) is 63.2 cm³/mol. The van der Waals surface area contributed by atoms with Crippen LogP contribution in [-0.4, -0.2) is 27.1 Å². The number of aliphatic hydroxyl groups is 1. The molecule has 0 aliphatic carbocycles. The normalized spacial score (nSPS) is 13.1. The van der Waals surface area contributed by atoms with E-state index in [4.69, 9.17) is 0 Å². The van der Waals surface area contributed by atoms with E-state index in [9.17, 15) is 5.11 Å². The number of aryl methyl sites for hydroxylation is 1. The van der Waals surface area contributed by atoms with Crippen LogP contribution in [0, 0.1) is 5.92 Å². The fraction of sp³-hybridized carbons (Fsp3) is 0.800. The van der Waals surface area contributed by atoms with Crippen molar-refractivity contribution >= 4 is 16.7 Å². The van der Waals surface area contributed by atoms with Gasteiger partial charge in [0.2, 0.25) is 5.13 Å². The zero-order chi connectivity index (χ0) is 11.3. The van der Waals surface area contributed by atoms with Gasteiger partial charge in [0.1, 0.15) is 5.82 Å². The van der Waals surface area contributed by atoms with Gasteiger partial charge in [0.15, 0.2) is 0 Å². The quantitative estimate of drug-likeness (QED) is 0.782. The molecule has 0 fully saturated rings. The Morgan fingerprint density at radius 2 is 2.20 bits per heavy atom. The lowest BCUT2D eigenvalue weighted by atomic mass is 10.1. The summed E-state index contributed by atoms with van der Waals surface area (Å²) in [6.45, 7) is 6.78. The van der Waals surface area contributed by atoms with Crippen LogP contribution in [0.3, 0.4) is 0 Å². The van der Waals surface area contributed by atoms with Gasteiger partial charge in [0, 0.05) is 24.5 Å². The number of hydrogen-bond donors (Lipinski definition) is 2. The Hall–Kier alpha value is -0.680. The van der Waals surface area contributed by atoms with Gasteiger partial charge in [0.05, 0.1) is 6.10 Å². The van der Waals surface area contributed by atoms with Gasteiger partial charge >= 0.3 is 0 Å². The highest BCUT2D eigenvalue weighted by molar-refractivity contribution is 7.09. The molecule has 1 aromatic heterocycles. The van der Waals surface area contributed by atoms with Gasteiger partial charge in [-0.3, -0.25) is 0 Å². The van der Waals surface area contributed by atoms with E-state index in [1.165, 1.54) is 11.5 Å². The number of nitrogens with zero attached hydrogens (tertiary/aromatic N) is 2. The first-order valence-corrected chi connectivity index (χ1v) is 6.13. The van der Waals surface area contributed by atoms with E-state index < -0.39 is 0 Å². The largest absolute Gasteiger partial charge is 0.391 e. The van der Waals surface area contributed by atoms with E-state index in [-0.39, 0.29) is 6.10 Å². The number of nitrogens with one attached hydrogen (secondary N) is 1. The Bertz CT molecular complexity index is 288. The minimum atomic E-state index is -0.307. The average molecular weight is 229 g/mol. The van der Waals surface area contributed by atoms with Crippen molar-refractivity contribution < 1.29 is 5.11 Å². The van der Waals surface area contributed by atoms with Crippen molar-refractivity contribution in [2.45, 2.75) is 39.7 Å². The number of anilines is 1. The summed E-state index contributed by atoms with van der Waals surface area (Å²) in [5.41, 5.74) is 0. The fourth-order valence-corrected chi connectivity index (χ4v) is 1.96. The Labute approximate surface area is 94.9 Å². The molecule has 5 heteroatoms. The van der Waals surface area contributed by atoms with Crippen LogP contribution in [0.4, 0.5) is 5.13 Å². The van der Waals surface area contributed by atoms with Crippen LogP contribution >= 0.6 is 11.5 Å². The topological polar surface area (TPSA) is 58.0 Å². The van der Waals surface area contributed by atoms with Gasteiger partial charge < -0.3 is 10.4 Å². The molecule has 0 saturated carbocycles. The summed E-state index contributed by atoms with van der Waals surface area (Å²) in [7, 11) is 0. The van der Waals surface area contributed by atoms with Crippen molar-refractivity contribution in [2.24, 2.45) is 5.92 Å².